The Labute approximate surface area is 95.8 Å². The molecule has 0 amide bonds. The van der Waals surface area contributed by atoms with E-state index in [1.807, 2.05) is 13.8 Å². The van der Waals surface area contributed by atoms with Crippen molar-refractivity contribution in [3.05, 3.63) is 23.4 Å². The topological polar surface area (TPSA) is 65.2 Å². The zero-order valence-electron chi connectivity index (χ0n) is 9.99. The lowest BCUT2D eigenvalue weighted by Gasteiger charge is -2.15. The number of nitrogens with two attached hydrogens (primary N) is 1. The lowest BCUT2D eigenvalue weighted by Crippen LogP contribution is -2.25. The molecule has 1 rings (SSSR count). The van der Waals surface area contributed by atoms with Crippen LogP contribution in [0.3, 0.4) is 0 Å². The summed E-state index contributed by atoms with van der Waals surface area (Å²) in [6, 6.07) is 1.78. The summed E-state index contributed by atoms with van der Waals surface area (Å²) in [5.74, 6) is 0.204. The Kier molecular flexibility index (Phi) is 4.43. The normalized spacial score (nSPS) is 12.4. The Morgan fingerprint density at radius 3 is 2.81 bits per heavy atom. The third kappa shape index (κ3) is 2.58. The first-order valence-corrected chi connectivity index (χ1v) is 5.39. The molecule has 16 heavy (non-hydrogen) atoms. The SMILES string of the molecule is CCCC(OC)C(=O)c1c(C)ccnc1N. The van der Waals surface area contributed by atoms with Gasteiger partial charge in [-0.15, -0.1) is 0 Å². The second-order valence-corrected chi connectivity index (χ2v) is 3.77. The minimum atomic E-state index is -0.421. The summed E-state index contributed by atoms with van der Waals surface area (Å²) in [5, 5.41) is 0. The van der Waals surface area contributed by atoms with Gasteiger partial charge < -0.3 is 10.5 Å². The molecule has 0 aliphatic carbocycles. The van der Waals surface area contributed by atoms with Crippen LogP contribution in [0.1, 0.15) is 35.7 Å². The van der Waals surface area contributed by atoms with Crippen LogP contribution in [0.5, 0.6) is 0 Å². The number of nitrogens with zero attached hydrogens (tertiary/aromatic N) is 1. The van der Waals surface area contributed by atoms with Crippen molar-refractivity contribution in [3.63, 3.8) is 0 Å². The number of aryl methyl sites for hydroxylation is 1. The van der Waals surface area contributed by atoms with Gasteiger partial charge in [0.05, 0.1) is 5.56 Å². The quantitative estimate of drug-likeness (QED) is 0.773. The van der Waals surface area contributed by atoms with Gasteiger partial charge in [-0.3, -0.25) is 4.79 Å². The van der Waals surface area contributed by atoms with E-state index in [4.69, 9.17) is 10.5 Å². The fourth-order valence-corrected chi connectivity index (χ4v) is 1.68. The number of Topliss-reactive ketones (excluding diaryl/α,β-unsaturated/α-hetero) is 1. The van der Waals surface area contributed by atoms with Crippen molar-refractivity contribution < 1.29 is 9.53 Å². The highest BCUT2D eigenvalue weighted by molar-refractivity contribution is 6.04. The number of ketones is 1. The maximum absolute atomic E-state index is 12.2. The number of carbonyl (C=O) groups is 1. The summed E-state index contributed by atoms with van der Waals surface area (Å²) < 4.78 is 5.18. The van der Waals surface area contributed by atoms with Gasteiger partial charge in [0, 0.05) is 13.3 Å². The standard InChI is InChI=1S/C12H18N2O2/c1-4-5-9(16-3)11(15)10-8(2)6-7-14-12(10)13/h6-7,9H,4-5H2,1-3H3,(H2,13,14). The fourth-order valence-electron chi connectivity index (χ4n) is 1.68. The largest absolute Gasteiger partial charge is 0.383 e. The molecule has 4 nitrogen and oxygen atoms in total. The number of methoxy groups -OCH3 is 1. The molecule has 1 atom stereocenters. The van der Waals surface area contributed by atoms with E-state index < -0.39 is 6.10 Å². The van der Waals surface area contributed by atoms with E-state index >= 15 is 0 Å². The van der Waals surface area contributed by atoms with Crippen molar-refractivity contribution in [1.29, 1.82) is 0 Å². The predicted molar refractivity (Wildman–Crippen MR) is 63.4 cm³/mol. The zero-order valence-corrected chi connectivity index (χ0v) is 9.99. The number of carbonyl (C=O) groups excluding carboxylic acids is 1. The fraction of sp³-hybridized carbons (Fsp3) is 0.500. The summed E-state index contributed by atoms with van der Waals surface area (Å²) in [5.41, 5.74) is 7.06. The van der Waals surface area contributed by atoms with E-state index in [1.165, 1.54) is 0 Å². The predicted octanol–water partition coefficient (Wildman–Crippen LogP) is 1.97. The average molecular weight is 222 g/mol. The first kappa shape index (κ1) is 12.6. The minimum Gasteiger partial charge on any atom is -0.383 e. The van der Waals surface area contributed by atoms with E-state index in [-0.39, 0.29) is 11.6 Å². The molecule has 0 saturated heterocycles. The second kappa shape index (κ2) is 5.61. The third-order valence-corrected chi connectivity index (χ3v) is 2.56. The Morgan fingerprint density at radius 1 is 1.62 bits per heavy atom. The number of pyridine rings is 1. The van der Waals surface area contributed by atoms with Gasteiger partial charge in [0.1, 0.15) is 11.9 Å². The Balaban J connectivity index is 3.03. The zero-order chi connectivity index (χ0) is 12.1. The number of hydrogen-bond donors (Lipinski definition) is 1. The number of anilines is 1. The van der Waals surface area contributed by atoms with Crippen molar-refractivity contribution in [1.82, 2.24) is 4.98 Å². The smallest absolute Gasteiger partial charge is 0.195 e. The van der Waals surface area contributed by atoms with Crippen molar-refractivity contribution in [3.8, 4) is 0 Å². The first-order valence-electron chi connectivity index (χ1n) is 5.39. The van der Waals surface area contributed by atoms with Gasteiger partial charge in [-0.05, 0) is 25.0 Å². The Hall–Kier alpha value is -1.42. The molecule has 0 saturated carbocycles. The van der Waals surface area contributed by atoms with E-state index in [2.05, 4.69) is 4.98 Å². The maximum Gasteiger partial charge on any atom is 0.195 e. The van der Waals surface area contributed by atoms with Crippen molar-refractivity contribution in [2.75, 3.05) is 12.8 Å². The Morgan fingerprint density at radius 2 is 2.31 bits per heavy atom. The molecule has 2 N–H and O–H groups in total. The molecule has 88 valence electrons. The molecule has 1 aromatic heterocycles. The van der Waals surface area contributed by atoms with Gasteiger partial charge in [-0.1, -0.05) is 13.3 Å². The van der Waals surface area contributed by atoms with Gasteiger partial charge in [-0.25, -0.2) is 4.98 Å². The van der Waals surface area contributed by atoms with E-state index in [0.717, 1.165) is 12.0 Å². The number of hydrogen-bond acceptors (Lipinski definition) is 4. The lowest BCUT2D eigenvalue weighted by atomic mass is 9.99. The van der Waals surface area contributed by atoms with Crippen LogP contribution in [0.4, 0.5) is 5.82 Å². The highest BCUT2D eigenvalue weighted by Crippen LogP contribution is 2.18. The first-order chi connectivity index (χ1) is 7.61. The summed E-state index contributed by atoms with van der Waals surface area (Å²) in [6.07, 6.45) is 2.77. The molecule has 4 heteroatoms. The summed E-state index contributed by atoms with van der Waals surface area (Å²) in [7, 11) is 1.54. The van der Waals surface area contributed by atoms with Crippen LogP contribution >= 0.6 is 0 Å². The summed E-state index contributed by atoms with van der Waals surface area (Å²) in [6.45, 7) is 3.86. The van der Waals surface area contributed by atoms with E-state index in [0.29, 0.717) is 12.0 Å². The van der Waals surface area contributed by atoms with Crippen LogP contribution in [0.2, 0.25) is 0 Å². The molecule has 0 aliphatic rings. The average Bonchev–Trinajstić information content (AvgIpc) is 2.25. The highest BCUT2D eigenvalue weighted by Gasteiger charge is 2.22. The van der Waals surface area contributed by atoms with Crippen molar-refractivity contribution in [2.45, 2.75) is 32.8 Å². The van der Waals surface area contributed by atoms with Crippen LogP contribution in [0, 0.1) is 6.92 Å². The third-order valence-electron chi connectivity index (χ3n) is 2.56. The van der Waals surface area contributed by atoms with Gasteiger partial charge in [0.25, 0.3) is 0 Å². The van der Waals surface area contributed by atoms with E-state index in [9.17, 15) is 4.79 Å². The monoisotopic (exact) mass is 222 g/mol. The van der Waals surface area contributed by atoms with Crippen LogP contribution in [-0.4, -0.2) is 24.0 Å². The number of nitrogen functional groups attached to an aromatic ring is 1. The molecular weight excluding hydrogens is 204 g/mol. The lowest BCUT2D eigenvalue weighted by molar-refractivity contribution is 0.0578. The minimum absolute atomic E-state index is 0.0764. The molecule has 0 bridgehead atoms. The van der Waals surface area contributed by atoms with Gasteiger partial charge in [0.15, 0.2) is 5.78 Å². The molecule has 0 spiro atoms. The molecule has 0 radical (unpaired) electrons. The van der Waals surface area contributed by atoms with E-state index in [1.54, 1.807) is 19.4 Å². The molecule has 1 aromatic rings. The van der Waals surface area contributed by atoms with Crippen molar-refractivity contribution in [2.24, 2.45) is 0 Å². The van der Waals surface area contributed by atoms with Gasteiger partial charge in [0.2, 0.25) is 0 Å². The number of rotatable bonds is 5. The van der Waals surface area contributed by atoms with Crippen LogP contribution < -0.4 is 5.73 Å². The van der Waals surface area contributed by atoms with Crippen LogP contribution in [-0.2, 0) is 4.74 Å². The van der Waals surface area contributed by atoms with Gasteiger partial charge in [-0.2, -0.15) is 0 Å². The number of ether oxygens (including phenoxy) is 1. The molecule has 0 fully saturated rings. The molecular formula is C12H18N2O2. The molecule has 1 unspecified atom stereocenters. The van der Waals surface area contributed by atoms with Crippen LogP contribution in [0.25, 0.3) is 0 Å². The Bertz CT molecular complexity index is 357. The summed E-state index contributed by atoms with van der Waals surface area (Å²) >= 11 is 0. The highest BCUT2D eigenvalue weighted by atomic mass is 16.5. The molecule has 0 aromatic carbocycles. The van der Waals surface area contributed by atoms with Crippen molar-refractivity contribution >= 4 is 11.6 Å². The number of aromatic nitrogens is 1. The summed E-state index contributed by atoms with van der Waals surface area (Å²) in [4.78, 5) is 16.1. The molecule has 0 aliphatic heterocycles. The van der Waals surface area contributed by atoms with Gasteiger partial charge >= 0.3 is 0 Å². The van der Waals surface area contributed by atoms with Crippen LogP contribution in [0.15, 0.2) is 12.3 Å². The maximum atomic E-state index is 12.2. The molecule has 1 heterocycles. The second-order valence-electron chi connectivity index (χ2n) is 3.77.